The molecule has 1 amide bonds. The van der Waals surface area contributed by atoms with E-state index >= 15 is 0 Å². The van der Waals surface area contributed by atoms with Gasteiger partial charge in [0, 0.05) is 26.2 Å². The Morgan fingerprint density at radius 3 is 2.36 bits per heavy atom. The molecule has 0 aromatic heterocycles. The molecule has 2 fully saturated rings. The highest BCUT2D eigenvalue weighted by Crippen LogP contribution is 2.37. The highest BCUT2D eigenvalue weighted by Gasteiger charge is 2.67. The van der Waals surface area contributed by atoms with Crippen molar-refractivity contribution < 1.29 is 27.6 Å². The van der Waals surface area contributed by atoms with Crippen molar-refractivity contribution in [1.82, 2.24) is 10.2 Å². The molecule has 1 saturated heterocycles. The molecule has 1 aliphatic carbocycles. The predicted molar refractivity (Wildman–Crippen MR) is 80.2 cm³/mol. The summed E-state index contributed by atoms with van der Waals surface area (Å²) in [7, 11) is 0. The van der Waals surface area contributed by atoms with Crippen LogP contribution in [-0.2, 0) is 27.1 Å². The van der Waals surface area contributed by atoms with Crippen LogP contribution in [-0.4, -0.2) is 47.5 Å². The number of piperazine rings is 1. The average Bonchev–Trinajstić information content (AvgIpc) is 2.55. The fourth-order valence-electron chi connectivity index (χ4n) is 3.40. The maximum atomic E-state index is 12.6. The van der Waals surface area contributed by atoms with Gasteiger partial charge in [-0.1, -0.05) is 12.1 Å². The zero-order valence-electron chi connectivity index (χ0n) is 13.1. The third-order valence-corrected chi connectivity index (χ3v) is 4.76. The monoisotopic (exact) mass is 355 g/mol. The molecule has 3 rings (SSSR count). The van der Waals surface area contributed by atoms with Crippen LogP contribution >= 0.6 is 0 Å². The largest absolute Gasteiger partial charge is 0.416 e. The van der Waals surface area contributed by atoms with Gasteiger partial charge in [-0.3, -0.25) is 19.3 Å². The zero-order valence-corrected chi connectivity index (χ0v) is 13.1. The molecule has 1 spiro atoms. The first kappa shape index (κ1) is 17.6. The maximum Gasteiger partial charge on any atom is 0.416 e. The lowest BCUT2D eigenvalue weighted by Crippen LogP contribution is -2.80. The number of benzene rings is 1. The first-order chi connectivity index (χ1) is 11.7. The van der Waals surface area contributed by atoms with Crippen LogP contribution in [0.1, 0.15) is 11.1 Å². The van der Waals surface area contributed by atoms with E-state index in [9.17, 15) is 27.6 Å². The van der Waals surface area contributed by atoms with Crippen LogP contribution in [0.5, 0.6) is 0 Å². The van der Waals surface area contributed by atoms with Gasteiger partial charge in [-0.25, -0.2) is 0 Å². The molecule has 0 unspecified atom stereocenters. The lowest BCUT2D eigenvalue weighted by molar-refractivity contribution is -0.168. The molecule has 2 aliphatic rings. The Kier molecular flexibility index (Phi) is 4.16. The van der Waals surface area contributed by atoms with Crippen LogP contribution in [0.2, 0.25) is 0 Å². The summed E-state index contributed by atoms with van der Waals surface area (Å²) in [5.74, 6) is -3.51. The Hall–Kier alpha value is -2.26. The number of carbonyl (C=O) groups is 3. The molecule has 25 heavy (non-hydrogen) atoms. The minimum Gasteiger partial charge on any atom is -0.369 e. The summed E-state index contributed by atoms with van der Waals surface area (Å²) in [6, 6.07) is 4.55. The standard InChI is InChI=1S/C16H16F3N3O3/c17-16(18,19)10-3-1-9(2-4-10)7-22-6-5-21-8-15(22)12(23)11(13(15)24)14(20)25/h1-4,11,21H,5-8H2,(H2,20,25). The Balaban J connectivity index is 1.82. The number of hydrogen-bond donors (Lipinski definition) is 2. The molecule has 1 saturated carbocycles. The van der Waals surface area contributed by atoms with Gasteiger partial charge in [0.15, 0.2) is 23.0 Å². The molecule has 134 valence electrons. The van der Waals surface area contributed by atoms with Crippen molar-refractivity contribution in [3.63, 3.8) is 0 Å². The number of nitrogens with zero attached hydrogens (tertiary/aromatic N) is 1. The fourth-order valence-corrected chi connectivity index (χ4v) is 3.40. The van der Waals surface area contributed by atoms with Crippen molar-refractivity contribution in [1.29, 1.82) is 0 Å². The van der Waals surface area contributed by atoms with Crippen LogP contribution in [0, 0.1) is 5.92 Å². The third-order valence-electron chi connectivity index (χ3n) is 4.76. The lowest BCUT2D eigenvalue weighted by atomic mass is 9.63. The van der Waals surface area contributed by atoms with E-state index in [1.807, 2.05) is 0 Å². The van der Waals surface area contributed by atoms with Gasteiger partial charge in [-0.05, 0) is 17.7 Å². The van der Waals surface area contributed by atoms with E-state index < -0.39 is 40.7 Å². The number of primary amides is 1. The van der Waals surface area contributed by atoms with E-state index in [2.05, 4.69) is 5.32 Å². The minimum absolute atomic E-state index is 0.0646. The molecule has 1 aromatic rings. The summed E-state index contributed by atoms with van der Waals surface area (Å²) < 4.78 is 37.9. The van der Waals surface area contributed by atoms with Gasteiger partial charge in [0.25, 0.3) is 0 Å². The normalized spacial score (nSPS) is 27.4. The summed E-state index contributed by atoms with van der Waals surface area (Å²) in [4.78, 5) is 37.7. The highest BCUT2D eigenvalue weighted by atomic mass is 19.4. The number of halogens is 3. The van der Waals surface area contributed by atoms with Crippen molar-refractivity contribution >= 4 is 17.5 Å². The van der Waals surface area contributed by atoms with Gasteiger partial charge < -0.3 is 11.1 Å². The Morgan fingerprint density at radius 1 is 1.24 bits per heavy atom. The molecular formula is C16H16F3N3O3. The molecule has 0 bridgehead atoms. The summed E-state index contributed by atoms with van der Waals surface area (Å²) in [6.07, 6.45) is -4.43. The van der Waals surface area contributed by atoms with E-state index in [1.54, 1.807) is 4.90 Å². The van der Waals surface area contributed by atoms with E-state index in [4.69, 9.17) is 5.73 Å². The lowest BCUT2D eigenvalue weighted by Gasteiger charge is -2.52. The molecule has 6 nitrogen and oxygen atoms in total. The van der Waals surface area contributed by atoms with E-state index in [-0.39, 0.29) is 13.1 Å². The number of nitrogens with one attached hydrogen (secondary N) is 1. The second-order valence-corrected chi connectivity index (χ2v) is 6.22. The van der Waals surface area contributed by atoms with Crippen LogP contribution in [0.3, 0.4) is 0 Å². The summed E-state index contributed by atoms with van der Waals surface area (Å²) in [6.45, 7) is 1.06. The number of nitrogens with two attached hydrogens (primary N) is 1. The highest BCUT2D eigenvalue weighted by molar-refractivity contribution is 6.40. The quantitative estimate of drug-likeness (QED) is 0.751. The molecule has 9 heteroatoms. The minimum atomic E-state index is -4.43. The number of ketones is 2. The zero-order chi connectivity index (χ0) is 18.4. The topological polar surface area (TPSA) is 92.5 Å². The molecule has 1 aliphatic heterocycles. The van der Waals surface area contributed by atoms with E-state index in [1.165, 1.54) is 12.1 Å². The number of alkyl halides is 3. The third kappa shape index (κ3) is 2.73. The van der Waals surface area contributed by atoms with Gasteiger partial charge >= 0.3 is 6.18 Å². The van der Waals surface area contributed by atoms with E-state index in [0.717, 1.165) is 12.1 Å². The molecule has 1 aromatic carbocycles. The van der Waals surface area contributed by atoms with Crippen molar-refractivity contribution in [2.24, 2.45) is 11.7 Å². The van der Waals surface area contributed by atoms with Crippen molar-refractivity contribution in [3.05, 3.63) is 35.4 Å². The molecule has 1 heterocycles. The molecular weight excluding hydrogens is 339 g/mol. The van der Waals surface area contributed by atoms with Gasteiger partial charge in [0.1, 0.15) is 0 Å². The van der Waals surface area contributed by atoms with Crippen molar-refractivity contribution in [2.45, 2.75) is 18.3 Å². The summed E-state index contributed by atoms with van der Waals surface area (Å²) in [5, 5.41) is 2.96. The van der Waals surface area contributed by atoms with Crippen LogP contribution in [0.4, 0.5) is 13.2 Å². The smallest absolute Gasteiger partial charge is 0.369 e. The molecule has 3 N–H and O–H groups in total. The summed E-state index contributed by atoms with van der Waals surface area (Å²) in [5.41, 5.74) is 3.41. The van der Waals surface area contributed by atoms with Gasteiger partial charge in [-0.2, -0.15) is 13.2 Å². The average molecular weight is 355 g/mol. The number of carbonyl (C=O) groups excluding carboxylic acids is 3. The van der Waals surface area contributed by atoms with Crippen LogP contribution in [0.25, 0.3) is 0 Å². The van der Waals surface area contributed by atoms with Crippen molar-refractivity contribution in [3.8, 4) is 0 Å². The maximum absolute atomic E-state index is 12.6. The first-order valence-corrected chi connectivity index (χ1v) is 7.68. The SMILES string of the molecule is NC(=O)C1C(=O)C2(CNCCN2Cc2ccc(C(F)(F)F)cc2)C1=O. The predicted octanol–water partition coefficient (Wildman–Crippen LogP) is 0.103. The van der Waals surface area contributed by atoms with Crippen LogP contribution < -0.4 is 11.1 Å². The number of hydrogen-bond acceptors (Lipinski definition) is 5. The number of Topliss-reactive ketones (excluding diaryl/α,β-unsaturated/α-hetero) is 2. The fraction of sp³-hybridized carbons (Fsp3) is 0.438. The van der Waals surface area contributed by atoms with E-state index in [0.29, 0.717) is 18.7 Å². The number of amides is 1. The van der Waals surface area contributed by atoms with Gasteiger partial charge in [-0.15, -0.1) is 0 Å². The molecule has 0 atom stereocenters. The van der Waals surface area contributed by atoms with Gasteiger partial charge in [0.2, 0.25) is 5.91 Å². The Labute approximate surface area is 141 Å². The second-order valence-electron chi connectivity index (χ2n) is 6.22. The Bertz CT molecular complexity index is 714. The molecule has 0 radical (unpaired) electrons. The van der Waals surface area contributed by atoms with Gasteiger partial charge in [0.05, 0.1) is 5.56 Å². The summed E-state index contributed by atoms with van der Waals surface area (Å²) >= 11 is 0. The first-order valence-electron chi connectivity index (χ1n) is 7.68. The number of rotatable bonds is 3. The van der Waals surface area contributed by atoms with Crippen LogP contribution in [0.15, 0.2) is 24.3 Å². The Morgan fingerprint density at radius 2 is 1.84 bits per heavy atom. The van der Waals surface area contributed by atoms with Crippen molar-refractivity contribution in [2.75, 3.05) is 19.6 Å². The second kappa shape index (κ2) is 5.92.